The molecule has 0 amide bonds. The number of hydrogen-bond acceptors (Lipinski definition) is 6. The molecule has 118 valence electrons. The zero-order chi connectivity index (χ0) is 16.2. The summed E-state index contributed by atoms with van der Waals surface area (Å²) < 4.78 is 7.02. The van der Waals surface area contributed by atoms with Gasteiger partial charge in [0.25, 0.3) is 0 Å². The maximum atomic E-state index is 9.80. The Morgan fingerprint density at radius 1 is 1.48 bits per heavy atom. The first-order chi connectivity index (χ1) is 11.2. The Morgan fingerprint density at radius 2 is 2.35 bits per heavy atom. The number of phenols is 1. The van der Waals surface area contributed by atoms with E-state index in [1.807, 2.05) is 17.5 Å². The second kappa shape index (κ2) is 6.76. The van der Waals surface area contributed by atoms with Crippen molar-refractivity contribution in [2.24, 2.45) is 5.10 Å². The molecular formula is C15H14N4O2S2. The lowest BCUT2D eigenvalue weighted by molar-refractivity contribution is 0.373. The zero-order valence-corrected chi connectivity index (χ0v) is 13.9. The molecule has 6 nitrogen and oxygen atoms in total. The van der Waals surface area contributed by atoms with Crippen molar-refractivity contribution in [1.82, 2.24) is 14.9 Å². The molecule has 2 aromatic heterocycles. The first-order valence-electron chi connectivity index (χ1n) is 6.77. The van der Waals surface area contributed by atoms with Gasteiger partial charge in [0, 0.05) is 11.3 Å². The maximum absolute atomic E-state index is 9.80. The third-order valence-electron chi connectivity index (χ3n) is 3.16. The van der Waals surface area contributed by atoms with Crippen LogP contribution >= 0.6 is 23.6 Å². The number of benzene rings is 1. The second-order valence-electron chi connectivity index (χ2n) is 4.69. The molecule has 2 N–H and O–H groups in total. The molecule has 0 bridgehead atoms. The normalized spacial score (nSPS) is 11.2. The molecule has 0 saturated carbocycles. The second-order valence-corrected chi connectivity index (χ2v) is 6.11. The van der Waals surface area contributed by atoms with Crippen LogP contribution in [0.25, 0.3) is 0 Å². The SMILES string of the molecule is COc1ccc(/C=N\n2c(Cc3cccs3)n[nH]c2=S)cc1O. The third kappa shape index (κ3) is 3.49. The van der Waals surface area contributed by atoms with Crippen LogP contribution in [-0.2, 0) is 6.42 Å². The van der Waals surface area contributed by atoms with Crippen LogP contribution in [0, 0.1) is 4.77 Å². The minimum atomic E-state index is 0.0612. The first kappa shape index (κ1) is 15.4. The Morgan fingerprint density at radius 3 is 3.04 bits per heavy atom. The molecule has 0 aliphatic heterocycles. The Bertz CT molecular complexity index is 881. The molecule has 0 unspecified atom stereocenters. The number of H-pyrrole nitrogens is 1. The molecule has 0 atom stereocenters. The summed E-state index contributed by atoms with van der Waals surface area (Å²) >= 11 is 6.87. The van der Waals surface area contributed by atoms with Crippen molar-refractivity contribution in [3.8, 4) is 11.5 Å². The molecule has 3 aromatic rings. The van der Waals surface area contributed by atoms with E-state index < -0.39 is 0 Å². The Kier molecular flexibility index (Phi) is 4.54. The van der Waals surface area contributed by atoms with Gasteiger partial charge in [0.15, 0.2) is 17.3 Å². The molecule has 23 heavy (non-hydrogen) atoms. The highest BCUT2D eigenvalue weighted by molar-refractivity contribution is 7.71. The fraction of sp³-hybridized carbons (Fsp3) is 0.133. The summed E-state index contributed by atoms with van der Waals surface area (Å²) in [5, 5.41) is 23.1. The van der Waals surface area contributed by atoms with Gasteiger partial charge in [-0.1, -0.05) is 6.07 Å². The van der Waals surface area contributed by atoms with E-state index in [1.54, 1.807) is 40.4 Å². The molecule has 0 aliphatic carbocycles. The molecule has 0 fully saturated rings. The summed E-state index contributed by atoms with van der Waals surface area (Å²) in [5.74, 6) is 1.21. The standard InChI is InChI=1S/C15H14N4O2S2/c1-21-13-5-4-10(7-12(13)20)9-16-19-14(17-18-15(19)22)8-11-3-2-6-23-11/h2-7,9,20H,8H2,1H3,(H,18,22)/b16-9-. The van der Waals surface area contributed by atoms with Gasteiger partial charge in [-0.25, -0.2) is 0 Å². The maximum Gasteiger partial charge on any atom is 0.216 e. The van der Waals surface area contributed by atoms with E-state index in [-0.39, 0.29) is 5.75 Å². The quantitative estimate of drug-likeness (QED) is 0.549. The number of thiophene rings is 1. The lowest BCUT2D eigenvalue weighted by atomic mass is 10.2. The molecule has 8 heteroatoms. The van der Waals surface area contributed by atoms with Gasteiger partial charge in [0.2, 0.25) is 4.77 Å². The fourth-order valence-electron chi connectivity index (χ4n) is 2.04. The highest BCUT2D eigenvalue weighted by Gasteiger charge is 2.07. The monoisotopic (exact) mass is 346 g/mol. The molecule has 1 aromatic carbocycles. The number of aromatic amines is 1. The first-order valence-corrected chi connectivity index (χ1v) is 8.06. The number of methoxy groups -OCH3 is 1. The van der Waals surface area contributed by atoms with Gasteiger partial charge in [-0.15, -0.1) is 11.3 Å². The van der Waals surface area contributed by atoms with Crippen molar-refractivity contribution < 1.29 is 9.84 Å². The van der Waals surface area contributed by atoms with Gasteiger partial charge < -0.3 is 9.84 Å². The van der Waals surface area contributed by atoms with E-state index in [4.69, 9.17) is 17.0 Å². The average molecular weight is 346 g/mol. The summed E-state index contributed by atoms with van der Waals surface area (Å²) in [6.45, 7) is 0. The van der Waals surface area contributed by atoms with Crippen LogP contribution in [0.1, 0.15) is 16.3 Å². The van der Waals surface area contributed by atoms with Gasteiger partial charge in [-0.3, -0.25) is 5.10 Å². The number of rotatable bonds is 5. The van der Waals surface area contributed by atoms with Crippen molar-refractivity contribution in [2.75, 3.05) is 7.11 Å². The number of nitrogens with zero attached hydrogens (tertiary/aromatic N) is 3. The Hall–Kier alpha value is -2.45. The van der Waals surface area contributed by atoms with Crippen LogP contribution < -0.4 is 4.74 Å². The Labute approximate surface area is 141 Å². The predicted octanol–water partition coefficient (Wildman–Crippen LogP) is 3.19. The minimum Gasteiger partial charge on any atom is -0.504 e. The van der Waals surface area contributed by atoms with E-state index in [0.717, 1.165) is 11.4 Å². The van der Waals surface area contributed by atoms with E-state index >= 15 is 0 Å². The molecule has 0 spiro atoms. The number of nitrogens with one attached hydrogen (secondary N) is 1. The number of aromatic hydroxyl groups is 1. The minimum absolute atomic E-state index is 0.0612. The molecule has 0 radical (unpaired) electrons. The van der Waals surface area contributed by atoms with Gasteiger partial charge in [0.05, 0.1) is 13.3 Å². The van der Waals surface area contributed by atoms with Crippen molar-refractivity contribution in [1.29, 1.82) is 0 Å². The summed E-state index contributed by atoms with van der Waals surface area (Å²) in [6, 6.07) is 9.08. The number of aromatic nitrogens is 3. The molecule has 0 aliphatic rings. The third-order valence-corrected chi connectivity index (χ3v) is 4.30. The fourth-order valence-corrected chi connectivity index (χ4v) is 2.94. The van der Waals surface area contributed by atoms with E-state index in [0.29, 0.717) is 16.9 Å². The molecule has 0 saturated heterocycles. The average Bonchev–Trinajstić information content (AvgIpc) is 3.17. The summed E-state index contributed by atoms with van der Waals surface area (Å²) in [4.78, 5) is 1.18. The van der Waals surface area contributed by atoms with E-state index in [1.165, 1.54) is 12.0 Å². The lowest BCUT2D eigenvalue weighted by Gasteiger charge is -2.03. The highest BCUT2D eigenvalue weighted by Crippen LogP contribution is 2.25. The topological polar surface area (TPSA) is 75.4 Å². The van der Waals surface area contributed by atoms with Gasteiger partial charge in [-0.05, 0) is 47.4 Å². The number of ether oxygens (including phenoxy) is 1. The van der Waals surface area contributed by atoms with Crippen molar-refractivity contribution >= 4 is 29.8 Å². The largest absolute Gasteiger partial charge is 0.504 e. The van der Waals surface area contributed by atoms with Gasteiger partial charge in [0.1, 0.15) is 0 Å². The molecule has 2 heterocycles. The summed E-state index contributed by atoms with van der Waals surface area (Å²) in [6.07, 6.45) is 2.26. The van der Waals surface area contributed by atoms with E-state index in [2.05, 4.69) is 15.3 Å². The Balaban J connectivity index is 1.86. The zero-order valence-electron chi connectivity index (χ0n) is 12.3. The highest BCUT2D eigenvalue weighted by atomic mass is 32.1. The summed E-state index contributed by atoms with van der Waals surface area (Å²) in [7, 11) is 1.50. The summed E-state index contributed by atoms with van der Waals surface area (Å²) in [5.41, 5.74) is 0.730. The van der Waals surface area contributed by atoms with Gasteiger partial charge in [-0.2, -0.15) is 14.9 Å². The lowest BCUT2D eigenvalue weighted by Crippen LogP contribution is -1.99. The van der Waals surface area contributed by atoms with Crippen molar-refractivity contribution in [3.63, 3.8) is 0 Å². The number of hydrogen-bond donors (Lipinski definition) is 2. The van der Waals surface area contributed by atoms with Crippen LogP contribution in [0.2, 0.25) is 0 Å². The van der Waals surface area contributed by atoms with E-state index in [9.17, 15) is 5.11 Å². The number of phenolic OH excluding ortho intramolecular Hbond substituents is 1. The van der Waals surface area contributed by atoms with Gasteiger partial charge >= 0.3 is 0 Å². The van der Waals surface area contributed by atoms with Crippen molar-refractivity contribution in [3.05, 3.63) is 56.7 Å². The predicted molar refractivity (Wildman–Crippen MR) is 92.2 cm³/mol. The molecule has 3 rings (SSSR count). The van der Waals surface area contributed by atoms with Crippen LogP contribution in [0.4, 0.5) is 0 Å². The molecular weight excluding hydrogens is 332 g/mol. The van der Waals surface area contributed by atoms with Crippen LogP contribution in [0.15, 0.2) is 40.8 Å². The van der Waals surface area contributed by atoms with Crippen LogP contribution in [0.3, 0.4) is 0 Å². The van der Waals surface area contributed by atoms with Crippen LogP contribution in [-0.4, -0.2) is 33.3 Å². The van der Waals surface area contributed by atoms with Crippen LogP contribution in [0.5, 0.6) is 11.5 Å². The smallest absolute Gasteiger partial charge is 0.216 e. The van der Waals surface area contributed by atoms with Crippen molar-refractivity contribution in [2.45, 2.75) is 6.42 Å².